The fraction of sp³-hybridized carbons (Fsp3) is 0.833. The lowest BCUT2D eigenvalue weighted by molar-refractivity contribution is -0.345. The number of carboxylic acid groups (broad SMARTS) is 2. The van der Waals surface area contributed by atoms with Crippen molar-refractivity contribution < 1.29 is 19.8 Å². The van der Waals surface area contributed by atoms with Gasteiger partial charge in [0.15, 0.2) is 0 Å². The molecule has 0 aromatic carbocycles. The van der Waals surface area contributed by atoms with Crippen molar-refractivity contribution in [3.63, 3.8) is 0 Å². The summed E-state index contributed by atoms with van der Waals surface area (Å²) in [6.07, 6.45) is 0. The van der Waals surface area contributed by atoms with Crippen molar-refractivity contribution in [3.05, 3.63) is 0 Å². The second kappa shape index (κ2) is 6.55. The molecule has 0 atom stereocenters. The molecule has 0 aliphatic carbocycles. The topological polar surface area (TPSA) is 104 Å². The van der Waals surface area contributed by atoms with Gasteiger partial charge in [-0.15, -0.1) is 0 Å². The van der Waals surface area contributed by atoms with E-state index in [4.69, 9.17) is 19.8 Å². The summed E-state index contributed by atoms with van der Waals surface area (Å²) in [5.41, 5.74) is 1.59. The van der Waals surface area contributed by atoms with Crippen molar-refractivity contribution >= 4 is 35.5 Å². The van der Waals surface area contributed by atoms with Gasteiger partial charge in [0.2, 0.25) is 0 Å². The first kappa shape index (κ1) is 15.9. The van der Waals surface area contributed by atoms with Crippen LogP contribution >= 0.6 is 23.5 Å². The summed E-state index contributed by atoms with van der Waals surface area (Å²) in [5, 5.41) is 24.4. The van der Waals surface area contributed by atoms with E-state index in [-0.39, 0.29) is 0 Å². The number of carbonyl (C=O) groups is 2. The third-order valence-corrected chi connectivity index (χ3v) is 7.07. The molecule has 0 aromatic rings. The minimum absolute atomic E-state index is 0.796. The zero-order chi connectivity index (χ0) is 14.6. The lowest BCUT2D eigenvalue weighted by Gasteiger charge is -2.49. The molecular weight excluding hydrogens is 300 g/mol. The van der Waals surface area contributed by atoms with Gasteiger partial charge in [-0.25, -0.2) is 0 Å². The van der Waals surface area contributed by atoms with Gasteiger partial charge in [0.25, 0.3) is 0 Å². The SMILES string of the molecule is C1NCC12CSC2.C1NCC12CSC2.O=C([O-])C(=O)[O-]. The monoisotopic (exact) mass is 318 g/mol. The summed E-state index contributed by atoms with van der Waals surface area (Å²) in [6, 6.07) is 0. The lowest BCUT2D eigenvalue weighted by atomic mass is 9.85. The van der Waals surface area contributed by atoms with Crippen molar-refractivity contribution in [2.24, 2.45) is 10.8 Å². The van der Waals surface area contributed by atoms with Crippen LogP contribution < -0.4 is 20.8 Å². The van der Waals surface area contributed by atoms with Crippen molar-refractivity contribution in [2.45, 2.75) is 0 Å². The molecule has 4 rings (SSSR count). The van der Waals surface area contributed by atoms with Gasteiger partial charge in [-0.05, 0) is 0 Å². The molecule has 0 aromatic heterocycles. The van der Waals surface area contributed by atoms with E-state index in [1.165, 1.54) is 49.2 Å². The second-order valence-corrected chi connectivity index (χ2v) is 7.74. The number of aliphatic carboxylic acids is 2. The lowest BCUT2D eigenvalue weighted by Crippen LogP contribution is -2.60. The van der Waals surface area contributed by atoms with Crippen LogP contribution in [0.25, 0.3) is 0 Å². The summed E-state index contributed by atoms with van der Waals surface area (Å²) in [6.45, 7) is 5.17. The van der Waals surface area contributed by atoms with Crippen LogP contribution in [-0.4, -0.2) is 61.1 Å². The Hall–Kier alpha value is -0.440. The fourth-order valence-electron chi connectivity index (χ4n) is 2.15. The largest absolute Gasteiger partial charge is 0.543 e. The van der Waals surface area contributed by atoms with Gasteiger partial charge in [-0.1, -0.05) is 0 Å². The summed E-state index contributed by atoms with van der Waals surface area (Å²) >= 11 is 4.16. The normalized spacial score (nSPS) is 26.2. The zero-order valence-electron chi connectivity index (χ0n) is 11.1. The summed E-state index contributed by atoms with van der Waals surface area (Å²) < 4.78 is 0. The summed E-state index contributed by atoms with van der Waals surface area (Å²) in [5.74, 6) is 1.30. The predicted octanol–water partition coefficient (Wildman–Crippen LogP) is -2.87. The maximum atomic E-state index is 8.93. The third-order valence-electron chi connectivity index (χ3n) is 3.80. The molecule has 8 heteroatoms. The Morgan fingerprint density at radius 1 is 0.750 bits per heavy atom. The van der Waals surface area contributed by atoms with Crippen LogP contribution in [0.15, 0.2) is 0 Å². The zero-order valence-corrected chi connectivity index (χ0v) is 12.7. The van der Waals surface area contributed by atoms with Gasteiger partial charge in [-0.3, -0.25) is 0 Å². The number of carbonyl (C=O) groups excluding carboxylic acids is 2. The maximum absolute atomic E-state index is 8.93. The molecule has 2 N–H and O–H groups in total. The molecule has 4 aliphatic heterocycles. The van der Waals surface area contributed by atoms with Crippen LogP contribution in [0, 0.1) is 10.8 Å². The molecule has 0 bridgehead atoms. The van der Waals surface area contributed by atoms with Crippen LogP contribution in [0.3, 0.4) is 0 Å². The number of hydrogen-bond donors (Lipinski definition) is 2. The third kappa shape index (κ3) is 3.81. The number of carboxylic acids is 2. The Kier molecular flexibility index (Phi) is 5.22. The highest BCUT2D eigenvalue weighted by atomic mass is 32.2. The van der Waals surface area contributed by atoms with Crippen molar-refractivity contribution in [2.75, 3.05) is 49.2 Å². The van der Waals surface area contributed by atoms with Crippen LogP contribution in [0.1, 0.15) is 0 Å². The molecule has 0 amide bonds. The van der Waals surface area contributed by atoms with E-state index in [2.05, 4.69) is 34.2 Å². The van der Waals surface area contributed by atoms with Gasteiger partial charge in [0.05, 0.1) is 11.9 Å². The van der Waals surface area contributed by atoms with E-state index in [0.717, 1.165) is 10.8 Å². The van der Waals surface area contributed by atoms with E-state index in [0.29, 0.717) is 0 Å². The highest BCUT2D eigenvalue weighted by Gasteiger charge is 2.43. The predicted molar refractivity (Wildman–Crippen MR) is 75.3 cm³/mol. The smallest absolute Gasteiger partial charge is 0.0870 e. The van der Waals surface area contributed by atoms with E-state index in [9.17, 15) is 0 Å². The minimum atomic E-state index is -2.19. The molecule has 4 fully saturated rings. The van der Waals surface area contributed by atoms with E-state index >= 15 is 0 Å². The van der Waals surface area contributed by atoms with Crippen LogP contribution in [0.2, 0.25) is 0 Å². The second-order valence-electron chi connectivity index (χ2n) is 5.77. The standard InChI is InChI=1S/2C5H9NS.C2H2O4/c2*1-5(2-6-1)3-7-4-5;3-1(4)2(5)6/h2*6H,1-4H2;(H,3,4)(H,5,6)/p-2. The average Bonchev–Trinajstić information content (AvgIpc) is 2.08. The summed E-state index contributed by atoms with van der Waals surface area (Å²) in [4.78, 5) is 17.9. The van der Waals surface area contributed by atoms with Gasteiger partial charge in [0, 0.05) is 60.0 Å². The maximum Gasteiger partial charge on any atom is 0.0870 e. The highest BCUT2D eigenvalue weighted by Crippen LogP contribution is 2.41. The Balaban J connectivity index is 0.000000111. The number of rotatable bonds is 0. The number of nitrogens with one attached hydrogen (secondary N) is 2. The molecule has 2 spiro atoms. The van der Waals surface area contributed by atoms with Gasteiger partial charge < -0.3 is 30.4 Å². The molecule has 0 saturated carbocycles. The average molecular weight is 318 g/mol. The fourth-order valence-corrected chi connectivity index (χ4v) is 4.53. The summed E-state index contributed by atoms with van der Waals surface area (Å²) in [7, 11) is 0. The van der Waals surface area contributed by atoms with Crippen molar-refractivity contribution in [1.82, 2.24) is 10.6 Å². The van der Waals surface area contributed by atoms with Crippen molar-refractivity contribution in [3.8, 4) is 0 Å². The molecule has 6 nitrogen and oxygen atoms in total. The number of thioether (sulfide) groups is 2. The molecule has 4 aliphatic rings. The van der Waals surface area contributed by atoms with Crippen LogP contribution in [-0.2, 0) is 9.59 Å². The van der Waals surface area contributed by atoms with E-state index in [1.807, 2.05) is 0 Å². The number of hydrogen-bond acceptors (Lipinski definition) is 8. The first-order valence-electron chi connectivity index (χ1n) is 6.46. The van der Waals surface area contributed by atoms with E-state index in [1.54, 1.807) is 0 Å². The van der Waals surface area contributed by atoms with E-state index < -0.39 is 11.9 Å². The Morgan fingerprint density at radius 2 is 1.05 bits per heavy atom. The minimum Gasteiger partial charge on any atom is -0.543 e. The Labute approximate surface area is 126 Å². The van der Waals surface area contributed by atoms with Crippen molar-refractivity contribution in [1.29, 1.82) is 0 Å². The Bertz CT molecular complexity index is 309. The molecule has 0 radical (unpaired) electrons. The van der Waals surface area contributed by atoms with Gasteiger partial charge in [-0.2, -0.15) is 23.5 Å². The molecule has 4 heterocycles. The molecular formula is C12H18N2O4S2-2. The molecule has 114 valence electrons. The highest BCUT2D eigenvalue weighted by molar-refractivity contribution is 8.00. The van der Waals surface area contributed by atoms with Crippen LogP contribution in [0.4, 0.5) is 0 Å². The first-order chi connectivity index (χ1) is 9.47. The molecule has 20 heavy (non-hydrogen) atoms. The molecule has 0 unspecified atom stereocenters. The molecule has 4 saturated heterocycles. The van der Waals surface area contributed by atoms with Crippen LogP contribution in [0.5, 0.6) is 0 Å². The Morgan fingerprint density at radius 3 is 1.05 bits per heavy atom. The quantitative estimate of drug-likeness (QED) is 0.459. The van der Waals surface area contributed by atoms with Gasteiger partial charge in [0.1, 0.15) is 0 Å². The first-order valence-corrected chi connectivity index (χ1v) is 8.77. The van der Waals surface area contributed by atoms with Gasteiger partial charge >= 0.3 is 0 Å².